The molecule has 1 aliphatic heterocycles. The average molecular weight is 437 g/mol. The molecule has 0 atom stereocenters. The molecule has 1 aromatic rings. The molecule has 1 aromatic carbocycles. The highest BCUT2D eigenvalue weighted by atomic mass is 19.1. The first-order valence-electron chi connectivity index (χ1n) is 10.9. The molecule has 9 heteroatoms. The van der Waals surface area contributed by atoms with E-state index in [1.165, 1.54) is 12.1 Å². The number of ether oxygens (including phenoxy) is 1. The number of benzene rings is 1. The van der Waals surface area contributed by atoms with Crippen molar-refractivity contribution in [3.63, 3.8) is 0 Å². The Morgan fingerprint density at radius 1 is 1.03 bits per heavy atom. The number of nitrogens with zero attached hydrogens (tertiary/aromatic N) is 3. The molecule has 1 amide bonds. The van der Waals surface area contributed by atoms with Crippen molar-refractivity contribution in [3.8, 4) is 0 Å². The lowest BCUT2D eigenvalue weighted by Gasteiger charge is -2.36. The molecule has 0 bridgehead atoms. The average Bonchev–Trinajstić information content (AvgIpc) is 2.72. The molecular weight excluding hydrogens is 399 g/mol. The van der Waals surface area contributed by atoms with Crippen molar-refractivity contribution in [2.75, 3.05) is 64.3 Å². The molecule has 0 unspecified atom stereocenters. The van der Waals surface area contributed by atoms with Crippen LogP contribution in [0.1, 0.15) is 27.2 Å². The van der Waals surface area contributed by atoms with Gasteiger partial charge in [-0.05, 0) is 51.5 Å². The molecule has 0 aromatic heterocycles. The summed E-state index contributed by atoms with van der Waals surface area (Å²) in [6, 6.07) is 6.70. The Morgan fingerprint density at radius 3 is 2.26 bits per heavy atom. The lowest BCUT2D eigenvalue weighted by molar-refractivity contribution is 0.0527. The van der Waals surface area contributed by atoms with Gasteiger partial charge in [0.25, 0.3) is 0 Å². The molecule has 1 heterocycles. The van der Waals surface area contributed by atoms with Gasteiger partial charge in [0.15, 0.2) is 5.96 Å². The Kier molecular flexibility index (Phi) is 9.84. The van der Waals surface area contributed by atoms with Crippen LogP contribution in [0.4, 0.5) is 14.9 Å². The zero-order chi connectivity index (χ0) is 22.7. The second-order valence-electron chi connectivity index (χ2n) is 8.51. The molecule has 0 radical (unpaired) electrons. The molecule has 8 nitrogen and oxygen atoms in total. The van der Waals surface area contributed by atoms with E-state index < -0.39 is 11.7 Å². The molecule has 3 N–H and O–H groups in total. The number of alkyl carbamates (subject to hydrolysis) is 1. The number of hydrogen-bond acceptors (Lipinski definition) is 5. The van der Waals surface area contributed by atoms with Crippen molar-refractivity contribution < 1.29 is 13.9 Å². The lowest BCUT2D eigenvalue weighted by atomic mass is 10.2. The van der Waals surface area contributed by atoms with E-state index >= 15 is 0 Å². The molecule has 0 spiro atoms. The Labute approximate surface area is 185 Å². The van der Waals surface area contributed by atoms with Gasteiger partial charge in [0.1, 0.15) is 11.4 Å². The van der Waals surface area contributed by atoms with Crippen molar-refractivity contribution in [2.24, 2.45) is 4.99 Å². The van der Waals surface area contributed by atoms with E-state index in [-0.39, 0.29) is 5.82 Å². The van der Waals surface area contributed by atoms with E-state index in [0.29, 0.717) is 13.1 Å². The van der Waals surface area contributed by atoms with Crippen LogP contribution in [0, 0.1) is 5.82 Å². The number of hydrogen-bond donors (Lipinski definition) is 3. The third-order valence-electron chi connectivity index (χ3n) is 4.82. The molecular formula is C22H37FN6O2. The number of amides is 1. The Balaban J connectivity index is 1.55. The summed E-state index contributed by atoms with van der Waals surface area (Å²) < 4.78 is 18.3. The monoisotopic (exact) mass is 436 g/mol. The topological polar surface area (TPSA) is 81.2 Å². The van der Waals surface area contributed by atoms with E-state index in [4.69, 9.17) is 4.74 Å². The van der Waals surface area contributed by atoms with Gasteiger partial charge >= 0.3 is 6.09 Å². The van der Waals surface area contributed by atoms with Crippen molar-refractivity contribution in [3.05, 3.63) is 30.1 Å². The predicted octanol–water partition coefficient (Wildman–Crippen LogP) is 2.03. The minimum Gasteiger partial charge on any atom is -0.444 e. The third-order valence-corrected chi connectivity index (χ3v) is 4.82. The molecule has 1 fully saturated rings. The van der Waals surface area contributed by atoms with Crippen LogP contribution in [0.2, 0.25) is 0 Å². The number of piperazine rings is 1. The van der Waals surface area contributed by atoms with Crippen LogP contribution in [0.15, 0.2) is 29.3 Å². The van der Waals surface area contributed by atoms with Crippen LogP contribution in [0.25, 0.3) is 0 Å². The van der Waals surface area contributed by atoms with Crippen LogP contribution in [0.5, 0.6) is 0 Å². The standard InChI is InChI=1S/C22H37FN6O2/c1-22(2,3)31-21(30)27-11-5-10-25-20(24-4)26-12-13-28-14-16-29(17-15-28)19-8-6-18(23)7-9-19/h6-9H,5,10-17H2,1-4H3,(H,27,30)(H2,24,25,26). The van der Waals surface area contributed by atoms with E-state index in [1.54, 1.807) is 7.05 Å². The van der Waals surface area contributed by atoms with Crippen LogP contribution >= 0.6 is 0 Å². The zero-order valence-corrected chi connectivity index (χ0v) is 19.2. The Bertz CT molecular complexity index is 697. The first kappa shape index (κ1) is 24.7. The van der Waals surface area contributed by atoms with E-state index in [0.717, 1.165) is 57.3 Å². The minimum absolute atomic E-state index is 0.199. The van der Waals surface area contributed by atoms with Gasteiger partial charge in [-0.25, -0.2) is 9.18 Å². The maximum Gasteiger partial charge on any atom is 0.407 e. The molecule has 31 heavy (non-hydrogen) atoms. The molecule has 0 saturated carbocycles. The number of nitrogens with one attached hydrogen (secondary N) is 3. The first-order chi connectivity index (χ1) is 14.8. The summed E-state index contributed by atoms with van der Waals surface area (Å²) in [6.07, 6.45) is 0.375. The van der Waals surface area contributed by atoms with Gasteiger partial charge in [-0.15, -0.1) is 0 Å². The molecule has 0 aliphatic carbocycles. The van der Waals surface area contributed by atoms with Gasteiger partial charge in [-0.1, -0.05) is 0 Å². The van der Waals surface area contributed by atoms with Crippen LogP contribution in [-0.4, -0.2) is 82.0 Å². The zero-order valence-electron chi connectivity index (χ0n) is 19.2. The summed E-state index contributed by atoms with van der Waals surface area (Å²) in [5.41, 5.74) is 0.590. The van der Waals surface area contributed by atoms with Crippen molar-refractivity contribution in [1.29, 1.82) is 0 Å². The van der Waals surface area contributed by atoms with E-state index in [2.05, 4.69) is 30.7 Å². The molecule has 1 aliphatic rings. The first-order valence-corrected chi connectivity index (χ1v) is 10.9. The second kappa shape index (κ2) is 12.3. The number of rotatable bonds is 8. The van der Waals surface area contributed by atoms with Gasteiger partial charge in [0.05, 0.1) is 0 Å². The lowest BCUT2D eigenvalue weighted by Crippen LogP contribution is -2.49. The summed E-state index contributed by atoms with van der Waals surface area (Å²) in [7, 11) is 1.75. The maximum absolute atomic E-state index is 13.1. The van der Waals surface area contributed by atoms with Crippen LogP contribution in [0.3, 0.4) is 0 Å². The largest absolute Gasteiger partial charge is 0.444 e. The van der Waals surface area contributed by atoms with Crippen molar-refractivity contribution in [2.45, 2.75) is 32.8 Å². The number of carbonyl (C=O) groups excluding carboxylic acids is 1. The smallest absolute Gasteiger partial charge is 0.407 e. The number of aliphatic imine (C=N–C) groups is 1. The number of halogens is 1. The van der Waals surface area contributed by atoms with Gasteiger partial charge in [0, 0.05) is 65.1 Å². The van der Waals surface area contributed by atoms with Crippen LogP contribution < -0.4 is 20.9 Å². The van der Waals surface area contributed by atoms with Gasteiger partial charge in [-0.2, -0.15) is 0 Å². The summed E-state index contributed by atoms with van der Waals surface area (Å²) in [5.74, 6) is 0.553. The summed E-state index contributed by atoms with van der Waals surface area (Å²) in [6.45, 7) is 12.3. The number of carbonyl (C=O) groups is 1. The van der Waals surface area contributed by atoms with Crippen molar-refractivity contribution >= 4 is 17.7 Å². The Morgan fingerprint density at radius 2 is 1.65 bits per heavy atom. The Hall–Kier alpha value is -2.55. The van der Waals surface area contributed by atoms with Gasteiger partial charge in [0.2, 0.25) is 0 Å². The fourth-order valence-electron chi connectivity index (χ4n) is 3.23. The second-order valence-corrected chi connectivity index (χ2v) is 8.51. The summed E-state index contributed by atoms with van der Waals surface area (Å²) in [5, 5.41) is 9.32. The highest BCUT2D eigenvalue weighted by Crippen LogP contribution is 2.16. The molecule has 2 rings (SSSR count). The highest BCUT2D eigenvalue weighted by molar-refractivity contribution is 5.79. The normalized spacial score (nSPS) is 15.5. The summed E-state index contributed by atoms with van der Waals surface area (Å²) >= 11 is 0. The predicted molar refractivity (Wildman–Crippen MR) is 123 cm³/mol. The quantitative estimate of drug-likeness (QED) is 0.329. The fraction of sp³-hybridized carbons (Fsp3) is 0.636. The maximum atomic E-state index is 13.1. The third kappa shape index (κ3) is 9.87. The fourth-order valence-corrected chi connectivity index (χ4v) is 3.23. The van der Waals surface area contributed by atoms with Gasteiger partial charge < -0.3 is 25.6 Å². The molecule has 174 valence electrons. The van der Waals surface area contributed by atoms with E-state index in [1.807, 2.05) is 32.9 Å². The highest BCUT2D eigenvalue weighted by Gasteiger charge is 2.17. The minimum atomic E-state index is -0.484. The molecule has 1 saturated heterocycles. The van der Waals surface area contributed by atoms with Crippen molar-refractivity contribution in [1.82, 2.24) is 20.9 Å². The summed E-state index contributed by atoms with van der Waals surface area (Å²) in [4.78, 5) is 20.5. The number of guanidine groups is 1. The van der Waals surface area contributed by atoms with E-state index in [9.17, 15) is 9.18 Å². The van der Waals surface area contributed by atoms with Crippen LogP contribution in [-0.2, 0) is 4.74 Å². The van der Waals surface area contributed by atoms with Gasteiger partial charge in [-0.3, -0.25) is 9.89 Å². The SMILES string of the molecule is CN=C(NCCCNC(=O)OC(C)(C)C)NCCN1CCN(c2ccc(F)cc2)CC1. The number of anilines is 1.